The normalized spacial score (nSPS) is 19.0. The van der Waals surface area contributed by atoms with Gasteiger partial charge in [0.2, 0.25) is 0 Å². The van der Waals surface area contributed by atoms with E-state index in [1.165, 1.54) is 12.8 Å². The van der Waals surface area contributed by atoms with Crippen LogP contribution in [-0.4, -0.2) is 25.3 Å². The van der Waals surface area contributed by atoms with Crippen LogP contribution in [-0.2, 0) is 4.84 Å². The van der Waals surface area contributed by atoms with Gasteiger partial charge < -0.3 is 0 Å². The molecule has 0 aromatic carbocycles. The summed E-state index contributed by atoms with van der Waals surface area (Å²) < 4.78 is 0. The fraction of sp³-hybridized carbons (Fsp3) is 1.00. The van der Waals surface area contributed by atoms with Gasteiger partial charge >= 0.3 is 0 Å². The number of hydrogen-bond acceptors (Lipinski definition) is 2. The molecule has 0 aliphatic heterocycles. The predicted octanol–water partition coefficient (Wildman–Crippen LogP) is 1.28. The lowest BCUT2D eigenvalue weighted by molar-refractivity contribution is -0.140. The van der Waals surface area contributed by atoms with Crippen LogP contribution >= 0.6 is 0 Å². The highest BCUT2D eigenvalue weighted by Crippen LogP contribution is 2.28. The largest absolute Gasteiger partial charge is 0.299 e. The van der Waals surface area contributed by atoms with Crippen molar-refractivity contribution in [1.29, 1.82) is 0 Å². The molecule has 0 amide bonds. The maximum absolute atomic E-state index is 5.35. The molecule has 0 aromatic heterocycles. The number of hydrogen-bond donors (Lipinski definition) is 0. The first kappa shape index (κ1) is 7.03. The summed E-state index contributed by atoms with van der Waals surface area (Å²) in [4.78, 5) is 5.35. The zero-order valence-electron chi connectivity index (χ0n) is 6.26. The molecule has 9 heavy (non-hydrogen) atoms. The highest BCUT2D eigenvalue weighted by molar-refractivity contribution is 4.71. The minimum absolute atomic E-state index is 0.874. The van der Waals surface area contributed by atoms with Crippen LogP contribution in [0.4, 0.5) is 0 Å². The molecule has 1 fully saturated rings. The second-order valence-electron chi connectivity index (χ2n) is 2.68. The summed E-state index contributed by atoms with van der Waals surface area (Å²) in [5.41, 5.74) is 0. The van der Waals surface area contributed by atoms with E-state index in [4.69, 9.17) is 4.84 Å². The van der Waals surface area contributed by atoms with Gasteiger partial charge in [-0.25, -0.2) is 0 Å². The molecule has 0 saturated heterocycles. The fourth-order valence-electron chi connectivity index (χ4n) is 0.608. The molecule has 1 aliphatic carbocycles. The summed E-state index contributed by atoms with van der Waals surface area (Å²) in [5, 5.41) is 1.89. The van der Waals surface area contributed by atoms with Crippen molar-refractivity contribution in [2.24, 2.45) is 5.92 Å². The third-order valence-electron chi connectivity index (χ3n) is 1.67. The van der Waals surface area contributed by atoms with Gasteiger partial charge in [-0.1, -0.05) is 6.92 Å². The molecule has 0 spiro atoms. The van der Waals surface area contributed by atoms with Gasteiger partial charge in [0.15, 0.2) is 0 Å². The molecule has 1 rings (SSSR count). The lowest BCUT2D eigenvalue weighted by Gasteiger charge is -2.12. The van der Waals surface area contributed by atoms with Gasteiger partial charge in [0, 0.05) is 13.6 Å². The Hall–Kier alpha value is -0.0800. The Balaban J connectivity index is 1.90. The summed E-state index contributed by atoms with van der Waals surface area (Å²) in [6.07, 6.45) is 2.75. The molecular formula is C7H15NO. The molecule has 0 unspecified atom stereocenters. The van der Waals surface area contributed by atoms with Gasteiger partial charge in [-0.3, -0.25) is 4.84 Å². The van der Waals surface area contributed by atoms with Gasteiger partial charge in [0.05, 0.1) is 6.61 Å². The quantitative estimate of drug-likeness (QED) is 0.530. The first-order chi connectivity index (χ1) is 4.33. The summed E-state index contributed by atoms with van der Waals surface area (Å²) in [6.45, 7) is 4.00. The van der Waals surface area contributed by atoms with Crippen LogP contribution in [0.3, 0.4) is 0 Å². The van der Waals surface area contributed by atoms with E-state index in [0.717, 1.165) is 19.1 Å². The van der Waals surface area contributed by atoms with Gasteiger partial charge in [-0.2, -0.15) is 5.06 Å². The molecule has 0 radical (unpaired) electrons. The van der Waals surface area contributed by atoms with Crippen LogP contribution < -0.4 is 0 Å². The van der Waals surface area contributed by atoms with E-state index in [-0.39, 0.29) is 0 Å². The average molecular weight is 129 g/mol. The standard InChI is InChI=1S/C7H15NO/c1-3-8(2)9-6-7-4-5-7/h7H,3-6H2,1-2H3. The van der Waals surface area contributed by atoms with Gasteiger partial charge in [-0.15, -0.1) is 0 Å². The molecule has 1 saturated carbocycles. The lowest BCUT2D eigenvalue weighted by Crippen LogP contribution is -2.19. The summed E-state index contributed by atoms with van der Waals surface area (Å²) >= 11 is 0. The topological polar surface area (TPSA) is 12.5 Å². The van der Waals surface area contributed by atoms with Crippen molar-refractivity contribution >= 4 is 0 Å². The number of nitrogens with zero attached hydrogens (tertiary/aromatic N) is 1. The van der Waals surface area contributed by atoms with E-state index in [2.05, 4.69) is 6.92 Å². The van der Waals surface area contributed by atoms with E-state index in [1.807, 2.05) is 12.1 Å². The SMILES string of the molecule is CCN(C)OCC1CC1. The van der Waals surface area contributed by atoms with Gasteiger partial charge in [0.1, 0.15) is 0 Å². The van der Waals surface area contributed by atoms with Crippen LogP contribution in [0.2, 0.25) is 0 Å². The third kappa shape index (κ3) is 2.82. The van der Waals surface area contributed by atoms with E-state index in [1.54, 1.807) is 0 Å². The minimum Gasteiger partial charge on any atom is -0.299 e. The predicted molar refractivity (Wildman–Crippen MR) is 37.0 cm³/mol. The minimum atomic E-state index is 0.874. The Bertz CT molecular complexity index is 81.0. The Morgan fingerprint density at radius 1 is 1.56 bits per heavy atom. The summed E-state index contributed by atoms with van der Waals surface area (Å²) in [7, 11) is 1.97. The molecule has 0 bridgehead atoms. The van der Waals surface area contributed by atoms with Crippen LogP contribution in [0, 0.1) is 5.92 Å². The molecule has 2 nitrogen and oxygen atoms in total. The van der Waals surface area contributed by atoms with Crippen LogP contribution in [0.5, 0.6) is 0 Å². The van der Waals surface area contributed by atoms with Crippen LogP contribution in [0.25, 0.3) is 0 Å². The second-order valence-corrected chi connectivity index (χ2v) is 2.68. The smallest absolute Gasteiger partial charge is 0.0713 e. The van der Waals surface area contributed by atoms with E-state index in [0.29, 0.717) is 0 Å². The van der Waals surface area contributed by atoms with Crippen molar-refractivity contribution in [3.05, 3.63) is 0 Å². The van der Waals surface area contributed by atoms with Crippen molar-refractivity contribution in [2.45, 2.75) is 19.8 Å². The highest BCUT2D eigenvalue weighted by atomic mass is 16.7. The zero-order valence-corrected chi connectivity index (χ0v) is 6.26. The van der Waals surface area contributed by atoms with Crippen molar-refractivity contribution < 1.29 is 4.84 Å². The molecule has 0 aromatic rings. The first-order valence-electron chi connectivity index (χ1n) is 3.67. The average Bonchev–Trinajstić information content (AvgIpc) is 2.65. The van der Waals surface area contributed by atoms with Crippen molar-refractivity contribution in [3.63, 3.8) is 0 Å². The van der Waals surface area contributed by atoms with Gasteiger partial charge in [-0.05, 0) is 18.8 Å². The molecule has 0 atom stereocenters. The molecule has 1 aliphatic rings. The Morgan fingerprint density at radius 2 is 2.22 bits per heavy atom. The maximum atomic E-state index is 5.35. The van der Waals surface area contributed by atoms with E-state index in [9.17, 15) is 0 Å². The molecule has 0 N–H and O–H groups in total. The number of rotatable bonds is 4. The summed E-state index contributed by atoms with van der Waals surface area (Å²) in [6, 6.07) is 0. The molecular weight excluding hydrogens is 114 g/mol. The summed E-state index contributed by atoms with van der Waals surface area (Å²) in [5.74, 6) is 0.874. The van der Waals surface area contributed by atoms with Crippen molar-refractivity contribution in [3.8, 4) is 0 Å². The van der Waals surface area contributed by atoms with Crippen LogP contribution in [0.1, 0.15) is 19.8 Å². The Morgan fingerprint density at radius 3 is 2.67 bits per heavy atom. The maximum Gasteiger partial charge on any atom is 0.0713 e. The molecule has 2 heteroatoms. The Labute approximate surface area is 56.8 Å². The Kier molecular flexibility index (Phi) is 2.49. The highest BCUT2D eigenvalue weighted by Gasteiger charge is 2.21. The first-order valence-corrected chi connectivity index (χ1v) is 3.67. The fourth-order valence-corrected chi connectivity index (χ4v) is 0.608. The van der Waals surface area contributed by atoms with Crippen LogP contribution in [0.15, 0.2) is 0 Å². The number of hydroxylamine groups is 2. The third-order valence-corrected chi connectivity index (χ3v) is 1.67. The van der Waals surface area contributed by atoms with Gasteiger partial charge in [0.25, 0.3) is 0 Å². The lowest BCUT2D eigenvalue weighted by atomic mass is 10.5. The second kappa shape index (κ2) is 3.18. The van der Waals surface area contributed by atoms with Crippen molar-refractivity contribution in [2.75, 3.05) is 20.2 Å². The zero-order chi connectivity index (χ0) is 6.69. The van der Waals surface area contributed by atoms with E-state index >= 15 is 0 Å². The molecule has 0 heterocycles. The van der Waals surface area contributed by atoms with Crippen molar-refractivity contribution in [1.82, 2.24) is 5.06 Å². The molecule has 54 valence electrons. The van der Waals surface area contributed by atoms with E-state index < -0.39 is 0 Å². The monoisotopic (exact) mass is 129 g/mol.